The molecule has 0 bridgehead atoms. The number of para-hydroxylation sites is 6. The van der Waals surface area contributed by atoms with Gasteiger partial charge in [0.2, 0.25) is 0 Å². The van der Waals surface area contributed by atoms with E-state index in [1.165, 1.54) is 0 Å². The average Bonchev–Trinajstić information content (AvgIpc) is 1.75. The number of hydrogen-bond acceptors (Lipinski definition) is 2. The van der Waals surface area contributed by atoms with Crippen LogP contribution in [0.25, 0.3) is 77.2 Å². The molecule has 0 atom stereocenters. The second kappa shape index (κ2) is 18.3. The Labute approximate surface area is 452 Å². The molecule has 13 aromatic rings. The topological polar surface area (TPSA) is 16.3 Å². The van der Waals surface area contributed by atoms with E-state index in [-0.39, 0.29) is 79.2 Å². The van der Waals surface area contributed by atoms with Crippen molar-refractivity contribution in [2.75, 3.05) is 9.80 Å². The zero-order valence-corrected chi connectivity index (χ0v) is 40.7. The van der Waals surface area contributed by atoms with E-state index in [4.69, 9.17) is 5.48 Å². The molecule has 4 heteroatoms. The van der Waals surface area contributed by atoms with Crippen LogP contribution < -0.4 is 9.80 Å². The van der Waals surface area contributed by atoms with Gasteiger partial charge in [0.05, 0.1) is 52.6 Å². The Morgan fingerprint density at radius 2 is 0.689 bits per heavy atom. The number of fused-ring (bicyclic) bond motifs is 6. The Bertz CT molecular complexity index is 4670. The largest absolute Gasteiger partial charge is 0.308 e. The molecular weight excluding hydrogens is 897 g/mol. The maximum Gasteiger partial charge on any atom is 0.0782 e. The van der Waals surface area contributed by atoms with Crippen LogP contribution in [0.2, 0.25) is 0 Å². The van der Waals surface area contributed by atoms with E-state index < -0.39 is 65.8 Å². The van der Waals surface area contributed by atoms with Crippen molar-refractivity contribution in [3.63, 3.8) is 0 Å². The molecule has 13 rings (SSSR count). The third kappa shape index (κ3) is 7.80. The maximum absolute atomic E-state index is 10.2. The van der Waals surface area contributed by atoms with Crippen molar-refractivity contribution in [1.82, 2.24) is 9.13 Å². The molecule has 0 aliphatic carbocycles. The van der Waals surface area contributed by atoms with Gasteiger partial charge < -0.3 is 18.9 Å². The van der Waals surface area contributed by atoms with Gasteiger partial charge in [0, 0.05) is 55.7 Å². The highest BCUT2D eigenvalue weighted by Gasteiger charge is 2.28. The van der Waals surface area contributed by atoms with Crippen LogP contribution in [0.5, 0.6) is 0 Å². The standard InChI is InChI=1S/C70H54N4/c1-70(2,3)53-46-58(71(56-42-38-51(39-43-56)49-22-8-4-9-23-49)66-36-20-32-62-60-30-16-18-34-64(60)73(68(62)66)54-26-12-6-13-27-54)48-59(47-53)72(57-44-40-52(41-45-57)50-24-10-5-11-25-50)67-37-21-33-63-61-31-17-19-35-65(61)74(69(63)67)55-28-14-7-15-29-55/h4-48H,1-3H3/i16D,17D,18D,19D,20D,21D,30D,31D,32D,33D,34D,35D,36D,37D. The van der Waals surface area contributed by atoms with Crippen LogP contribution in [0, 0.1) is 0 Å². The van der Waals surface area contributed by atoms with E-state index in [9.17, 15) is 13.7 Å². The van der Waals surface area contributed by atoms with Crippen LogP contribution in [0.15, 0.2) is 273 Å². The fourth-order valence-electron chi connectivity index (χ4n) is 10.1. The van der Waals surface area contributed by atoms with Crippen LogP contribution in [-0.4, -0.2) is 9.13 Å². The van der Waals surface area contributed by atoms with Crippen LogP contribution in [0.1, 0.15) is 45.5 Å². The lowest BCUT2D eigenvalue weighted by molar-refractivity contribution is 0.590. The smallest absolute Gasteiger partial charge is 0.0782 e. The molecule has 0 amide bonds. The van der Waals surface area contributed by atoms with Crippen LogP contribution in [0.3, 0.4) is 0 Å². The first-order valence-corrected chi connectivity index (χ1v) is 24.5. The monoisotopic (exact) mass is 965 g/mol. The summed E-state index contributed by atoms with van der Waals surface area (Å²) in [4.78, 5) is 3.62. The van der Waals surface area contributed by atoms with E-state index in [0.29, 0.717) is 34.1 Å². The molecular formula is C70H54N4. The van der Waals surface area contributed by atoms with Gasteiger partial charge >= 0.3 is 0 Å². The number of benzene rings is 11. The Morgan fingerprint density at radius 1 is 0.338 bits per heavy atom. The molecule has 0 N–H and O–H groups in total. The van der Waals surface area contributed by atoms with Gasteiger partial charge in [0.15, 0.2) is 0 Å². The van der Waals surface area contributed by atoms with Gasteiger partial charge in [-0.3, -0.25) is 0 Å². The summed E-state index contributed by atoms with van der Waals surface area (Å²) in [6.45, 7) is 6.11. The highest BCUT2D eigenvalue weighted by molar-refractivity contribution is 6.16. The molecule has 4 nitrogen and oxygen atoms in total. The second-order valence-electron chi connectivity index (χ2n) is 19.2. The molecule has 354 valence electrons. The summed E-state index contributed by atoms with van der Waals surface area (Å²) in [6, 6.07) is 52.4. The molecule has 0 saturated heterocycles. The SMILES string of the molecule is [2H]c1c([2H])c([2H])c2c(c1[2H])c1c([2H])c([2H])c([2H])c(N(c3ccc(-c4ccccc4)cc3)c3cc(N(c4ccc(-c5ccccc5)cc4)c4c([2H])c([2H])c([2H])c5c6c([2H])c([2H])c([2H])c([2H])c6n(-c6ccccc6)c45)cc(C(C)(C)C)c3)c1n2-c1ccccc1. The Morgan fingerprint density at radius 3 is 1.08 bits per heavy atom. The van der Waals surface area contributed by atoms with Crippen LogP contribution >= 0.6 is 0 Å². The van der Waals surface area contributed by atoms with Gasteiger partial charge in [-0.15, -0.1) is 0 Å². The average molecular weight is 965 g/mol. The summed E-state index contributed by atoms with van der Waals surface area (Å²) < 4.78 is 137. The molecule has 74 heavy (non-hydrogen) atoms. The first-order chi connectivity index (χ1) is 42.2. The van der Waals surface area contributed by atoms with Crippen molar-refractivity contribution in [1.29, 1.82) is 0 Å². The quantitative estimate of drug-likeness (QED) is 0.136. The minimum absolute atomic E-state index is 0.00446. The summed E-state index contributed by atoms with van der Waals surface area (Å²) in [5, 5.41) is 0.0695. The van der Waals surface area contributed by atoms with Gasteiger partial charge in [-0.05, 0) is 124 Å². The molecule has 2 aromatic heterocycles. The number of aromatic nitrogens is 2. The van der Waals surface area contributed by atoms with Gasteiger partial charge in [0.25, 0.3) is 0 Å². The van der Waals surface area contributed by atoms with E-state index in [1.54, 1.807) is 57.7 Å². The van der Waals surface area contributed by atoms with Crippen LogP contribution in [-0.2, 0) is 5.41 Å². The Hall–Kier alpha value is -9.38. The van der Waals surface area contributed by atoms with Crippen molar-refractivity contribution < 1.29 is 19.2 Å². The first-order valence-electron chi connectivity index (χ1n) is 31.5. The number of hydrogen-bond donors (Lipinski definition) is 0. The second-order valence-corrected chi connectivity index (χ2v) is 19.2. The summed E-state index contributed by atoms with van der Waals surface area (Å²) in [7, 11) is 0. The summed E-state index contributed by atoms with van der Waals surface area (Å²) in [5.41, 5.74) is 6.87. The lowest BCUT2D eigenvalue weighted by Crippen LogP contribution is -2.18. The molecule has 2 heterocycles. The lowest BCUT2D eigenvalue weighted by Gasteiger charge is -2.33. The van der Waals surface area contributed by atoms with Crippen molar-refractivity contribution in [3.8, 4) is 33.6 Å². The lowest BCUT2D eigenvalue weighted by atomic mass is 9.86. The Kier molecular flexibility index (Phi) is 7.89. The molecule has 0 radical (unpaired) electrons. The number of rotatable bonds is 10. The molecule has 0 unspecified atom stereocenters. The zero-order chi connectivity index (χ0) is 61.9. The van der Waals surface area contributed by atoms with Crippen molar-refractivity contribution >= 4 is 77.7 Å². The highest BCUT2D eigenvalue weighted by atomic mass is 15.2. The number of anilines is 6. The minimum atomic E-state index is -0.686. The minimum Gasteiger partial charge on any atom is -0.308 e. The van der Waals surface area contributed by atoms with E-state index in [2.05, 4.69) is 0 Å². The highest BCUT2D eigenvalue weighted by Crippen LogP contribution is 2.49. The fourth-order valence-corrected chi connectivity index (χ4v) is 10.1. The predicted octanol–water partition coefficient (Wildman–Crippen LogP) is 19.5. The zero-order valence-electron chi connectivity index (χ0n) is 54.7. The molecule has 0 aliphatic heterocycles. The molecule has 0 spiro atoms. The van der Waals surface area contributed by atoms with Crippen LogP contribution in [0.4, 0.5) is 34.1 Å². The van der Waals surface area contributed by atoms with Crippen molar-refractivity contribution in [2.45, 2.75) is 26.2 Å². The third-order valence-electron chi connectivity index (χ3n) is 13.6. The fraction of sp³-hybridized carbons (Fsp3) is 0.0571. The molecule has 0 fully saturated rings. The molecule has 0 aliphatic rings. The third-order valence-corrected chi connectivity index (χ3v) is 13.6. The van der Waals surface area contributed by atoms with Gasteiger partial charge in [-0.2, -0.15) is 0 Å². The van der Waals surface area contributed by atoms with E-state index in [1.807, 2.05) is 170 Å². The first kappa shape index (κ1) is 31.8. The molecule has 11 aromatic carbocycles. The normalized spacial score (nSPS) is 14.4. The predicted molar refractivity (Wildman–Crippen MR) is 314 cm³/mol. The van der Waals surface area contributed by atoms with Gasteiger partial charge in [-0.1, -0.05) is 203 Å². The summed E-state index contributed by atoms with van der Waals surface area (Å²) >= 11 is 0. The maximum atomic E-state index is 10.2. The van der Waals surface area contributed by atoms with Gasteiger partial charge in [0.1, 0.15) is 0 Å². The summed E-state index contributed by atoms with van der Waals surface area (Å²) in [5.74, 6) is 0. The number of nitrogens with zero attached hydrogens (tertiary/aromatic N) is 4. The molecule has 0 saturated carbocycles. The van der Waals surface area contributed by atoms with Crippen molar-refractivity contribution in [2.24, 2.45) is 0 Å². The van der Waals surface area contributed by atoms with E-state index in [0.717, 1.165) is 27.8 Å². The van der Waals surface area contributed by atoms with E-state index >= 15 is 0 Å². The summed E-state index contributed by atoms with van der Waals surface area (Å²) in [6.07, 6.45) is 0. The van der Waals surface area contributed by atoms with Crippen molar-refractivity contribution in [3.05, 3.63) is 278 Å². The van der Waals surface area contributed by atoms with Gasteiger partial charge in [-0.25, -0.2) is 0 Å². The Balaban J connectivity index is 1.22.